The molecule has 3 heteroatoms. The molecule has 2 aromatic rings. The smallest absolute Gasteiger partial charge is 0.0705 e. The molecule has 0 saturated carbocycles. The Morgan fingerprint density at radius 2 is 1.76 bits per heavy atom. The summed E-state index contributed by atoms with van der Waals surface area (Å²) in [6.07, 6.45) is 3.63. The zero-order chi connectivity index (χ0) is 17.8. The van der Waals surface area contributed by atoms with Gasteiger partial charge in [0, 0.05) is 16.8 Å². The molecule has 0 atom stereocenters. The van der Waals surface area contributed by atoms with Gasteiger partial charge in [-0.1, -0.05) is 42.5 Å². The number of allylic oxidation sites excluding steroid dienone is 1. The third kappa shape index (κ3) is 4.18. The van der Waals surface area contributed by atoms with Crippen molar-refractivity contribution in [3.8, 4) is 0 Å². The van der Waals surface area contributed by atoms with E-state index in [0.29, 0.717) is 11.4 Å². The Morgan fingerprint density at radius 1 is 1.12 bits per heavy atom. The van der Waals surface area contributed by atoms with Crippen LogP contribution in [0.4, 0.5) is 5.69 Å². The predicted octanol–water partition coefficient (Wildman–Crippen LogP) is 4.26. The molecule has 1 heterocycles. The van der Waals surface area contributed by atoms with Gasteiger partial charge in [-0.25, -0.2) is 0 Å². The van der Waals surface area contributed by atoms with Gasteiger partial charge in [-0.05, 0) is 68.5 Å². The molecule has 0 amide bonds. The average Bonchev–Trinajstić information content (AvgIpc) is 2.63. The lowest BCUT2D eigenvalue weighted by Crippen LogP contribution is -2.28. The Kier molecular flexibility index (Phi) is 5.34. The standard InChI is InChI=1S/C22H27N3/c1-15(2)19-7-8-21(23)20(14-19)22(24)18-5-3-16(4-6-18)13-17-9-11-25-12-10-17/h3-8,14,17,24-25H,1,9-13,23H2,2H3. The van der Waals surface area contributed by atoms with Gasteiger partial charge in [-0.3, -0.25) is 5.41 Å². The van der Waals surface area contributed by atoms with Gasteiger partial charge in [0.2, 0.25) is 0 Å². The van der Waals surface area contributed by atoms with Crippen LogP contribution in [-0.4, -0.2) is 18.8 Å². The van der Waals surface area contributed by atoms with E-state index in [1.807, 2.05) is 37.3 Å². The first-order valence-corrected chi connectivity index (χ1v) is 8.99. The van der Waals surface area contributed by atoms with E-state index in [4.69, 9.17) is 11.1 Å². The minimum Gasteiger partial charge on any atom is -0.398 e. The molecule has 1 fully saturated rings. The van der Waals surface area contributed by atoms with Crippen LogP contribution in [0, 0.1) is 11.3 Å². The van der Waals surface area contributed by atoms with Crippen LogP contribution in [0.25, 0.3) is 5.57 Å². The van der Waals surface area contributed by atoms with E-state index in [2.05, 4.69) is 24.0 Å². The Morgan fingerprint density at radius 3 is 2.40 bits per heavy atom. The third-order valence-electron chi connectivity index (χ3n) is 5.04. The van der Waals surface area contributed by atoms with E-state index in [1.54, 1.807) is 0 Å². The highest BCUT2D eigenvalue weighted by Gasteiger charge is 2.14. The van der Waals surface area contributed by atoms with Crippen molar-refractivity contribution in [2.24, 2.45) is 5.92 Å². The maximum atomic E-state index is 8.55. The Labute approximate surface area is 150 Å². The summed E-state index contributed by atoms with van der Waals surface area (Å²) >= 11 is 0. The Bertz CT molecular complexity index is 768. The first-order chi connectivity index (χ1) is 12.0. The third-order valence-corrected chi connectivity index (χ3v) is 5.04. The molecule has 0 aromatic heterocycles. The molecule has 3 rings (SSSR count). The highest BCUT2D eigenvalue weighted by Crippen LogP contribution is 2.23. The maximum absolute atomic E-state index is 8.55. The molecule has 0 unspecified atom stereocenters. The normalized spacial score (nSPS) is 15.1. The number of piperidine rings is 1. The van der Waals surface area contributed by atoms with Gasteiger partial charge in [0.05, 0.1) is 5.71 Å². The summed E-state index contributed by atoms with van der Waals surface area (Å²) in [5, 5.41) is 12.0. The molecule has 3 nitrogen and oxygen atoms in total. The van der Waals surface area contributed by atoms with Crippen LogP contribution in [0.5, 0.6) is 0 Å². The lowest BCUT2D eigenvalue weighted by molar-refractivity contribution is 0.372. The summed E-state index contributed by atoms with van der Waals surface area (Å²) in [6.45, 7) is 8.21. The Hall–Kier alpha value is -2.39. The van der Waals surface area contributed by atoms with Crippen molar-refractivity contribution in [3.05, 3.63) is 71.3 Å². The van der Waals surface area contributed by atoms with E-state index in [-0.39, 0.29) is 0 Å². The number of hydrogen-bond acceptors (Lipinski definition) is 3. The van der Waals surface area contributed by atoms with Crippen molar-refractivity contribution >= 4 is 17.0 Å². The second-order valence-corrected chi connectivity index (χ2v) is 7.05. The molecule has 1 aliphatic heterocycles. The molecular weight excluding hydrogens is 306 g/mol. The molecule has 25 heavy (non-hydrogen) atoms. The summed E-state index contributed by atoms with van der Waals surface area (Å²) in [5.41, 5.74) is 12.2. The zero-order valence-corrected chi connectivity index (χ0v) is 14.9. The van der Waals surface area contributed by atoms with Gasteiger partial charge < -0.3 is 11.1 Å². The van der Waals surface area contributed by atoms with Crippen molar-refractivity contribution in [2.75, 3.05) is 18.8 Å². The van der Waals surface area contributed by atoms with Crippen LogP contribution in [0.15, 0.2) is 49.0 Å². The number of rotatable bonds is 5. The van der Waals surface area contributed by atoms with Crippen LogP contribution < -0.4 is 11.1 Å². The van der Waals surface area contributed by atoms with Crippen LogP contribution in [-0.2, 0) is 6.42 Å². The maximum Gasteiger partial charge on any atom is 0.0705 e. The lowest BCUT2D eigenvalue weighted by atomic mass is 9.90. The highest BCUT2D eigenvalue weighted by atomic mass is 14.9. The van der Waals surface area contributed by atoms with Gasteiger partial charge in [-0.2, -0.15) is 0 Å². The largest absolute Gasteiger partial charge is 0.398 e. The summed E-state index contributed by atoms with van der Waals surface area (Å²) in [5.74, 6) is 0.773. The fourth-order valence-electron chi connectivity index (χ4n) is 3.42. The van der Waals surface area contributed by atoms with E-state index in [1.165, 1.54) is 18.4 Å². The first-order valence-electron chi connectivity index (χ1n) is 8.99. The second kappa shape index (κ2) is 7.66. The molecule has 1 saturated heterocycles. The quantitative estimate of drug-likeness (QED) is 0.565. The molecule has 1 aliphatic rings. The number of anilines is 1. The van der Waals surface area contributed by atoms with Gasteiger partial charge >= 0.3 is 0 Å². The average molecular weight is 333 g/mol. The zero-order valence-electron chi connectivity index (χ0n) is 14.9. The first kappa shape index (κ1) is 17.4. The summed E-state index contributed by atoms with van der Waals surface area (Å²) in [7, 11) is 0. The van der Waals surface area contributed by atoms with Gasteiger partial charge in [-0.15, -0.1) is 0 Å². The van der Waals surface area contributed by atoms with Crippen LogP contribution in [0.2, 0.25) is 0 Å². The molecule has 4 N–H and O–H groups in total. The minimum absolute atomic E-state index is 0.467. The van der Waals surface area contributed by atoms with Gasteiger partial charge in [0.1, 0.15) is 0 Å². The topological polar surface area (TPSA) is 61.9 Å². The van der Waals surface area contributed by atoms with Crippen LogP contribution in [0.1, 0.15) is 42.0 Å². The lowest BCUT2D eigenvalue weighted by Gasteiger charge is -2.22. The molecule has 0 bridgehead atoms. The molecule has 130 valence electrons. The van der Waals surface area contributed by atoms with Crippen molar-refractivity contribution in [2.45, 2.75) is 26.2 Å². The summed E-state index contributed by atoms with van der Waals surface area (Å²) < 4.78 is 0. The van der Waals surface area contributed by atoms with Crippen molar-refractivity contribution < 1.29 is 0 Å². The van der Waals surface area contributed by atoms with E-state index < -0.39 is 0 Å². The number of nitrogens with one attached hydrogen (secondary N) is 2. The molecule has 0 spiro atoms. The fraction of sp³-hybridized carbons (Fsp3) is 0.318. The molecule has 0 aliphatic carbocycles. The molecule has 0 radical (unpaired) electrons. The highest BCUT2D eigenvalue weighted by molar-refractivity contribution is 6.14. The van der Waals surface area contributed by atoms with E-state index in [9.17, 15) is 0 Å². The Balaban J connectivity index is 1.76. The SMILES string of the molecule is C=C(C)c1ccc(N)c(C(=N)c2ccc(CC3CCNCC3)cc2)c1. The van der Waals surface area contributed by atoms with E-state index >= 15 is 0 Å². The monoisotopic (exact) mass is 333 g/mol. The number of benzene rings is 2. The van der Waals surface area contributed by atoms with Crippen molar-refractivity contribution in [3.63, 3.8) is 0 Å². The van der Waals surface area contributed by atoms with Crippen molar-refractivity contribution in [1.29, 1.82) is 5.41 Å². The van der Waals surface area contributed by atoms with Gasteiger partial charge in [0.25, 0.3) is 0 Å². The number of nitrogens with two attached hydrogens (primary N) is 1. The predicted molar refractivity (Wildman–Crippen MR) is 107 cm³/mol. The van der Waals surface area contributed by atoms with Crippen LogP contribution in [0.3, 0.4) is 0 Å². The van der Waals surface area contributed by atoms with Crippen LogP contribution >= 0.6 is 0 Å². The molecule has 2 aromatic carbocycles. The summed E-state index contributed by atoms with van der Waals surface area (Å²) in [4.78, 5) is 0. The number of hydrogen-bond donors (Lipinski definition) is 3. The fourth-order valence-corrected chi connectivity index (χ4v) is 3.42. The second-order valence-electron chi connectivity index (χ2n) is 7.05. The molecular formula is C22H27N3. The number of nitrogen functional groups attached to an aromatic ring is 1. The summed E-state index contributed by atoms with van der Waals surface area (Å²) in [6, 6.07) is 14.2. The van der Waals surface area contributed by atoms with E-state index in [0.717, 1.165) is 47.7 Å². The van der Waals surface area contributed by atoms with Gasteiger partial charge in [0.15, 0.2) is 0 Å². The van der Waals surface area contributed by atoms with Crippen molar-refractivity contribution in [1.82, 2.24) is 5.32 Å². The minimum atomic E-state index is 0.467.